The van der Waals surface area contributed by atoms with Crippen molar-refractivity contribution in [1.29, 1.82) is 0 Å². The fourth-order valence-corrected chi connectivity index (χ4v) is 4.86. The van der Waals surface area contributed by atoms with E-state index in [4.69, 9.17) is 0 Å². The maximum Gasteiger partial charge on any atom is 0.329 e. The van der Waals surface area contributed by atoms with E-state index < -0.39 is 12.0 Å². The second-order valence-corrected chi connectivity index (χ2v) is 8.41. The van der Waals surface area contributed by atoms with Gasteiger partial charge in [0.2, 0.25) is 0 Å². The minimum atomic E-state index is -0.651. The number of allylic oxidation sites excluding steroid dienone is 1. The van der Waals surface area contributed by atoms with Crippen LogP contribution >= 0.6 is 0 Å². The number of aliphatic imine (C=N–C) groups is 1. The molecule has 30 heavy (non-hydrogen) atoms. The molecule has 3 atom stereocenters. The minimum Gasteiger partial charge on any atom is -0.370 e. The highest BCUT2D eigenvalue weighted by molar-refractivity contribution is 6.07. The summed E-state index contributed by atoms with van der Waals surface area (Å²) in [6, 6.07) is 1.12. The first kappa shape index (κ1) is 17.6. The number of amidine groups is 1. The Bertz CT molecular complexity index is 1140. The Kier molecular flexibility index (Phi) is 3.76. The first-order chi connectivity index (χ1) is 14.5. The summed E-state index contributed by atoms with van der Waals surface area (Å²) in [5, 5.41) is 6.32. The van der Waals surface area contributed by atoms with Gasteiger partial charge in [-0.25, -0.2) is 19.2 Å². The molecule has 8 nitrogen and oxygen atoms in total. The highest BCUT2D eigenvalue weighted by Gasteiger charge is 2.38. The zero-order valence-corrected chi connectivity index (χ0v) is 16.5. The van der Waals surface area contributed by atoms with Gasteiger partial charge in [-0.15, -0.1) is 0 Å². The lowest BCUT2D eigenvalue weighted by atomic mass is 10.0. The van der Waals surface area contributed by atoms with E-state index in [9.17, 15) is 9.18 Å². The first-order valence-corrected chi connectivity index (χ1v) is 10.2. The molecular formula is C21H22FN7O. The van der Waals surface area contributed by atoms with Crippen LogP contribution in [0.1, 0.15) is 17.4 Å². The maximum absolute atomic E-state index is 14.5. The molecule has 2 N–H and O–H groups in total. The summed E-state index contributed by atoms with van der Waals surface area (Å²) in [6.45, 7) is 5.94. The highest BCUT2D eigenvalue weighted by Crippen LogP contribution is 2.31. The fraction of sp³-hybridized carbons (Fsp3) is 0.381. The van der Waals surface area contributed by atoms with Crippen LogP contribution < -0.4 is 10.6 Å². The molecule has 2 amide bonds. The number of aryl methyl sites for hydroxylation is 1. The molecule has 0 bridgehead atoms. The van der Waals surface area contributed by atoms with Crippen LogP contribution in [0.2, 0.25) is 0 Å². The van der Waals surface area contributed by atoms with Crippen molar-refractivity contribution < 1.29 is 9.18 Å². The first-order valence-electron chi connectivity index (χ1n) is 10.2. The standard InChI is InChI=1S/C21H22FN7O/c1-12-7-28-8-13(4-17(22)20(28)24-12)19-25-18-3-2-16(11-29(18)21(30)26-19)27-9-14-5-23-6-15(14)10-27/h2-4,7-8,11,14-15,19,23H,5-6,9-10H2,1H3,(H,26,30). The number of likely N-dealkylation sites (tertiary alicyclic amines) is 1. The number of nitrogens with zero attached hydrogens (tertiary/aromatic N) is 5. The van der Waals surface area contributed by atoms with E-state index in [0.29, 0.717) is 23.2 Å². The summed E-state index contributed by atoms with van der Waals surface area (Å²) in [5.74, 6) is 1.46. The predicted molar refractivity (Wildman–Crippen MR) is 109 cm³/mol. The number of aromatic nitrogens is 2. The second kappa shape index (κ2) is 6.40. The van der Waals surface area contributed by atoms with Crippen molar-refractivity contribution in [3.8, 4) is 0 Å². The number of urea groups is 1. The summed E-state index contributed by atoms with van der Waals surface area (Å²) in [7, 11) is 0. The lowest BCUT2D eigenvalue weighted by Crippen LogP contribution is -2.47. The summed E-state index contributed by atoms with van der Waals surface area (Å²) in [5.41, 5.74) is 2.59. The second-order valence-electron chi connectivity index (χ2n) is 8.41. The van der Waals surface area contributed by atoms with Gasteiger partial charge in [0, 0.05) is 50.3 Å². The molecule has 0 aromatic carbocycles. The summed E-state index contributed by atoms with van der Waals surface area (Å²) < 4.78 is 16.1. The predicted octanol–water partition coefficient (Wildman–Crippen LogP) is 1.77. The van der Waals surface area contributed by atoms with E-state index in [1.54, 1.807) is 16.8 Å². The third-order valence-electron chi connectivity index (χ3n) is 6.37. The molecule has 6 heterocycles. The Hall–Kier alpha value is -3.20. The van der Waals surface area contributed by atoms with Crippen LogP contribution in [0.4, 0.5) is 9.18 Å². The molecule has 2 aromatic heterocycles. The summed E-state index contributed by atoms with van der Waals surface area (Å²) in [4.78, 5) is 25.5. The van der Waals surface area contributed by atoms with Gasteiger partial charge >= 0.3 is 6.03 Å². The van der Waals surface area contributed by atoms with Crippen molar-refractivity contribution >= 4 is 17.5 Å². The van der Waals surface area contributed by atoms with Crippen LogP contribution in [-0.4, -0.2) is 57.2 Å². The van der Waals surface area contributed by atoms with Crippen molar-refractivity contribution in [2.24, 2.45) is 16.8 Å². The van der Waals surface area contributed by atoms with Crippen LogP contribution in [0.5, 0.6) is 0 Å². The van der Waals surface area contributed by atoms with Gasteiger partial charge in [0.25, 0.3) is 0 Å². The van der Waals surface area contributed by atoms with Crippen molar-refractivity contribution in [3.05, 3.63) is 59.6 Å². The van der Waals surface area contributed by atoms with Crippen LogP contribution in [0.25, 0.3) is 5.65 Å². The van der Waals surface area contributed by atoms with E-state index >= 15 is 0 Å². The van der Waals surface area contributed by atoms with E-state index in [1.807, 2.05) is 25.3 Å². The third kappa shape index (κ3) is 2.72. The van der Waals surface area contributed by atoms with Gasteiger partial charge in [-0.05, 0) is 37.0 Å². The molecule has 154 valence electrons. The number of nitrogens with one attached hydrogen (secondary N) is 2. The average Bonchev–Trinajstić information content (AvgIpc) is 3.41. The number of hydrogen-bond acceptors (Lipinski definition) is 5. The molecule has 4 aliphatic heterocycles. The van der Waals surface area contributed by atoms with Crippen LogP contribution in [0.15, 0.2) is 47.5 Å². The fourth-order valence-electron chi connectivity index (χ4n) is 4.86. The number of pyridine rings is 1. The summed E-state index contributed by atoms with van der Waals surface area (Å²) >= 11 is 0. The van der Waals surface area contributed by atoms with Crippen molar-refractivity contribution in [2.75, 3.05) is 26.2 Å². The topological polar surface area (TPSA) is 77.3 Å². The van der Waals surface area contributed by atoms with Gasteiger partial charge in [-0.3, -0.25) is 4.90 Å². The number of imidazole rings is 1. The Morgan fingerprint density at radius 1 is 1.17 bits per heavy atom. The molecule has 9 heteroatoms. The normalized spacial score (nSPS) is 27.8. The van der Waals surface area contributed by atoms with Gasteiger partial charge in [0.15, 0.2) is 17.6 Å². The number of halogens is 1. The maximum atomic E-state index is 14.5. The van der Waals surface area contributed by atoms with Gasteiger partial charge in [0.05, 0.1) is 11.4 Å². The Balaban J connectivity index is 1.28. The summed E-state index contributed by atoms with van der Waals surface area (Å²) in [6.07, 6.45) is 8.59. The highest BCUT2D eigenvalue weighted by atomic mass is 19.1. The quantitative estimate of drug-likeness (QED) is 0.796. The molecule has 3 unspecified atom stereocenters. The number of carbonyl (C=O) groups is 1. The molecule has 4 aliphatic rings. The number of rotatable bonds is 2. The Morgan fingerprint density at radius 3 is 2.77 bits per heavy atom. The number of carbonyl (C=O) groups excluding carboxylic acids is 1. The van der Waals surface area contributed by atoms with Crippen LogP contribution in [0.3, 0.4) is 0 Å². The zero-order valence-electron chi connectivity index (χ0n) is 16.5. The number of fused-ring (bicyclic) bond motifs is 3. The lowest BCUT2D eigenvalue weighted by molar-refractivity contribution is 0.221. The van der Waals surface area contributed by atoms with Gasteiger partial charge in [0.1, 0.15) is 5.84 Å². The van der Waals surface area contributed by atoms with Gasteiger partial charge in [-0.2, -0.15) is 0 Å². The molecule has 0 saturated carbocycles. The Morgan fingerprint density at radius 2 is 1.97 bits per heavy atom. The number of amides is 2. The van der Waals surface area contributed by atoms with E-state index in [0.717, 1.165) is 37.6 Å². The third-order valence-corrected chi connectivity index (χ3v) is 6.37. The number of hydrogen-bond donors (Lipinski definition) is 2. The zero-order chi connectivity index (χ0) is 20.4. The van der Waals surface area contributed by atoms with E-state index in [1.165, 1.54) is 11.0 Å². The molecule has 0 aliphatic carbocycles. The van der Waals surface area contributed by atoms with E-state index in [-0.39, 0.29) is 11.7 Å². The van der Waals surface area contributed by atoms with Crippen LogP contribution in [-0.2, 0) is 0 Å². The lowest BCUT2D eigenvalue weighted by Gasteiger charge is -2.33. The molecular weight excluding hydrogens is 385 g/mol. The smallest absolute Gasteiger partial charge is 0.329 e. The largest absolute Gasteiger partial charge is 0.370 e. The monoisotopic (exact) mass is 407 g/mol. The molecule has 0 radical (unpaired) electrons. The Labute approximate surface area is 172 Å². The molecule has 2 fully saturated rings. The van der Waals surface area contributed by atoms with Crippen molar-refractivity contribution in [1.82, 2.24) is 29.8 Å². The van der Waals surface area contributed by atoms with Gasteiger partial charge < -0.3 is 19.9 Å². The molecule has 0 spiro atoms. The molecule has 2 aromatic rings. The average molecular weight is 407 g/mol. The minimum absolute atomic E-state index is 0.267. The molecule has 2 saturated heterocycles. The van der Waals surface area contributed by atoms with E-state index in [2.05, 4.69) is 25.5 Å². The van der Waals surface area contributed by atoms with Crippen LogP contribution in [0, 0.1) is 24.6 Å². The van der Waals surface area contributed by atoms with Crippen molar-refractivity contribution in [2.45, 2.75) is 13.1 Å². The van der Waals surface area contributed by atoms with Crippen molar-refractivity contribution in [3.63, 3.8) is 0 Å². The SMILES string of the molecule is Cc1cn2cc(C3N=C4C=CC(N5CC6CNCC6C5)=CN4C(=O)N3)cc(F)c2n1. The van der Waals surface area contributed by atoms with Gasteiger partial charge in [-0.1, -0.05) is 0 Å². The molecule has 6 rings (SSSR count).